The van der Waals surface area contributed by atoms with Gasteiger partial charge in [-0.25, -0.2) is 4.98 Å². The number of hydrogen-bond donors (Lipinski definition) is 1. The fourth-order valence-corrected chi connectivity index (χ4v) is 6.90. The summed E-state index contributed by atoms with van der Waals surface area (Å²) in [5.41, 5.74) is 1.86. The molecular formula is C18H28N2S. The summed E-state index contributed by atoms with van der Waals surface area (Å²) in [7, 11) is 2.14. The van der Waals surface area contributed by atoms with E-state index < -0.39 is 0 Å². The lowest BCUT2D eigenvalue weighted by atomic mass is 9.48. The highest BCUT2D eigenvalue weighted by atomic mass is 32.1. The minimum absolute atomic E-state index is 0.617. The molecule has 4 bridgehead atoms. The van der Waals surface area contributed by atoms with Crippen molar-refractivity contribution in [2.75, 3.05) is 7.05 Å². The van der Waals surface area contributed by atoms with Crippen LogP contribution < -0.4 is 5.32 Å². The number of rotatable bonds is 5. The van der Waals surface area contributed by atoms with Crippen LogP contribution in [-0.2, 0) is 6.42 Å². The number of likely N-dealkylation sites (N-methyl/N-ethyl adjacent to an activating group) is 1. The van der Waals surface area contributed by atoms with Gasteiger partial charge in [0, 0.05) is 23.5 Å². The molecule has 1 atom stereocenters. The van der Waals surface area contributed by atoms with Gasteiger partial charge in [0.1, 0.15) is 0 Å². The van der Waals surface area contributed by atoms with Gasteiger partial charge in [0.15, 0.2) is 0 Å². The van der Waals surface area contributed by atoms with Gasteiger partial charge in [-0.2, -0.15) is 0 Å². The predicted octanol–water partition coefficient (Wildman–Crippen LogP) is 4.19. The van der Waals surface area contributed by atoms with Crippen molar-refractivity contribution < 1.29 is 0 Å². The van der Waals surface area contributed by atoms with E-state index in [2.05, 4.69) is 29.7 Å². The van der Waals surface area contributed by atoms with Crippen LogP contribution in [0.1, 0.15) is 55.6 Å². The average molecular weight is 305 g/mol. The van der Waals surface area contributed by atoms with E-state index in [1.54, 1.807) is 19.3 Å². The molecule has 116 valence electrons. The van der Waals surface area contributed by atoms with E-state index in [1.807, 2.05) is 11.3 Å². The molecule has 2 nitrogen and oxygen atoms in total. The summed E-state index contributed by atoms with van der Waals surface area (Å²) in [4.78, 5) is 4.67. The molecule has 1 aromatic rings. The third-order valence-electron chi connectivity index (χ3n) is 6.34. The summed E-state index contributed by atoms with van der Waals surface area (Å²) in [5, 5.41) is 7.11. The molecule has 1 heterocycles. The molecule has 4 aliphatic rings. The van der Waals surface area contributed by atoms with Gasteiger partial charge in [-0.1, -0.05) is 0 Å². The van der Waals surface area contributed by atoms with Crippen molar-refractivity contribution >= 4 is 11.3 Å². The zero-order valence-corrected chi connectivity index (χ0v) is 14.2. The van der Waals surface area contributed by atoms with Gasteiger partial charge in [0.2, 0.25) is 0 Å². The molecule has 1 aromatic heterocycles. The molecule has 4 saturated carbocycles. The van der Waals surface area contributed by atoms with Gasteiger partial charge in [-0.3, -0.25) is 0 Å². The minimum atomic E-state index is 0.617. The van der Waals surface area contributed by atoms with Crippen LogP contribution in [0.3, 0.4) is 0 Å². The third-order valence-corrected chi connectivity index (χ3v) is 7.33. The van der Waals surface area contributed by atoms with E-state index in [0.29, 0.717) is 11.5 Å². The molecule has 0 aliphatic heterocycles. The quantitative estimate of drug-likeness (QED) is 0.882. The SMILES string of the molecule is CNC(Cc1nc(C)cs1)CC12CC3CC(CC(C3)C1)C2. The summed E-state index contributed by atoms with van der Waals surface area (Å²) < 4.78 is 0. The Morgan fingerprint density at radius 2 is 1.86 bits per heavy atom. The number of hydrogen-bond acceptors (Lipinski definition) is 3. The van der Waals surface area contributed by atoms with E-state index >= 15 is 0 Å². The number of nitrogens with zero attached hydrogens (tertiary/aromatic N) is 1. The Morgan fingerprint density at radius 1 is 1.24 bits per heavy atom. The number of nitrogens with one attached hydrogen (secondary N) is 1. The summed E-state index contributed by atoms with van der Waals surface area (Å²) in [6.07, 6.45) is 11.7. The summed E-state index contributed by atoms with van der Waals surface area (Å²) in [6, 6.07) is 0.617. The predicted molar refractivity (Wildman–Crippen MR) is 88.6 cm³/mol. The molecule has 4 fully saturated rings. The minimum Gasteiger partial charge on any atom is -0.317 e. The Kier molecular flexibility index (Phi) is 3.61. The average Bonchev–Trinajstić information content (AvgIpc) is 2.81. The second-order valence-electron chi connectivity index (χ2n) is 8.19. The Hall–Kier alpha value is -0.410. The van der Waals surface area contributed by atoms with Crippen molar-refractivity contribution in [2.24, 2.45) is 23.2 Å². The molecule has 0 aromatic carbocycles. The molecule has 0 spiro atoms. The van der Waals surface area contributed by atoms with Crippen LogP contribution in [-0.4, -0.2) is 18.1 Å². The number of thiazole rings is 1. The lowest BCUT2D eigenvalue weighted by molar-refractivity contribution is -0.0616. The van der Waals surface area contributed by atoms with Crippen molar-refractivity contribution in [3.05, 3.63) is 16.1 Å². The van der Waals surface area contributed by atoms with Gasteiger partial charge in [-0.15, -0.1) is 11.3 Å². The first kappa shape index (κ1) is 14.2. The van der Waals surface area contributed by atoms with E-state index in [4.69, 9.17) is 0 Å². The van der Waals surface area contributed by atoms with Crippen molar-refractivity contribution in [1.29, 1.82) is 0 Å². The van der Waals surface area contributed by atoms with E-state index in [9.17, 15) is 0 Å². The van der Waals surface area contributed by atoms with Crippen LogP contribution in [0.15, 0.2) is 5.38 Å². The first-order valence-corrected chi connectivity index (χ1v) is 9.60. The standard InChI is InChI=1S/C18H28N2S/c1-12-11-21-17(20-12)6-16(19-2)10-18-7-13-3-14(8-18)5-15(4-13)9-18/h11,13-16,19H,3-10H2,1-2H3. The third kappa shape index (κ3) is 2.79. The monoisotopic (exact) mass is 304 g/mol. The molecule has 5 rings (SSSR count). The Morgan fingerprint density at radius 3 is 2.33 bits per heavy atom. The summed E-state index contributed by atoms with van der Waals surface area (Å²) >= 11 is 1.83. The smallest absolute Gasteiger partial charge is 0.0943 e. The van der Waals surface area contributed by atoms with Crippen LogP contribution in [0.2, 0.25) is 0 Å². The Bertz CT molecular complexity index is 472. The van der Waals surface area contributed by atoms with Crippen LogP contribution >= 0.6 is 11.3 Å². The highest BCUT2D eigenvalue weighted by molar-refractivity contribution is 7.09. The summed E-state index contributed by atoms with van der Waals surface area (Å²) in [5.74, 6) is 3.20. The van der Waals surface area contributed by atoms with E-state index in [1.165, 1.54) is 36.4 Å². The van der Waals surface area contributed by atoms with Crippen LogP contribution in [0.4, 0.5) is 0 Å². The van der Waals surface area contributed by atoms with E-state index in [0.717, 1.165) is 24.2 Å². The maximum Gasteiger partial charge on any atom is 0.0943 e. The van der Waals surface area contributed by atoms with Gasteiger partial charge >= 0.3 is 0 Å². The molecular weight excluding hydrogens is 276 g/mol. The van der Waals surface area contributed by atoms with Crippen molar-refractivity contribution in [2.45, 2.75) is 64.3 Å². The Labute approximate surface area is 132 Å². The van der Waals surface area contributed by atoms with Crippen molar-refractivity contribution in [1.82, 2.24) is 10.3 Å². The zero-order chi connectivity index (χ0) is 14.4. The lowest BCUT2D eigenvalue weighted by Crippen LogP contribution is -2.48. The first-order chi connectivity index (χ1) is 10.1. The topological polar surface area (TPSA) is 24.9 Å². The molecule has 0 amide bonds. The molecule has 0 radical (unpaired) electrons. The zero-order valence-electron chi connectivity index (χ0n) is 13.4. The normalized spacial score (nSPS) is 38.9. The molecule has 0 saturated heterocycles. The molecule has 21 heavy (non-hydrogen) atoms. The highest BCUT2D eigenvalue weighted by Gasteiger charge is 2.51. The van der Waals surface area contributed by atoms with Crippen molar-refractivity contribution in [3.8, 4) is 0 Å². The number of aryl methyl sites for hydroxylation is 1. The lowest BCUT2D eigenvalue weighted by Gasteiger charge is -2.57. The van der Waals surface area contributed by atoms with Gasteiger partial charge in [-0.05, 0) is 82.1 Å². The fourth-order valence-electron chi connectivity index (χ4n) is 6.05. The van der Waals surface area contributed by atoms with Crippen molar-refractivity contribution in [3.63, 3.8) is 0 Å². The second-order valence-corrected chi connectivity index (χ2v) is 9.14. The first-order valence-electron chi connectivity index (χ1n) is 8.72. The van der Waals surface area contributed by atoms with Gasteiger partial charge in [0.05, 0.1) is 5.01 Å². The molecule has 4 aliphatic carbocycles. The number of aromatic nitrogens is 1. The highest BCUT2D eigenvalue weighted by Crippen LogP contribution is 2.61. The molecule has 1 unspecified atom stereocenters. The summed E-state index contributed by atoms with van der Waals surface area (Å²) in [6.45, 7) is 2.10. The second kappa shape index (κ2) is 5.34. The van der Waals surface area contributed by atoms with Gasteiger partial charge in [0.25, 0.3) is 0 Å². The van der Waals surface area contributed by atoms with Gasteiger partial charge < -0.3 is 5.32 Å². The van der Waals surface area contributed by atoms with Crippen LogP contribution in [0.5, 0.6) is 0 Å². The Balaban J connectivity index is 1.46. The van der Waals surface area contributed by atoms with Crippen LogP contribution in [0, 0.1) is 30.1 Å². The molecule has 1 N–H and O–H groups in total. The van der Waals surface area contributed by atoms with E-state index in [-0.39, 0.29) is 0 Å². The fraction of sp³-hybridized carbons (Fsp3) is 0.833. The largest absolute Gasteiger partial charge is 0.317 e. The molecule has 3 heteroatoms. The van der Waals surface area contributed by atoms with Crippen LogP contribution in [0.25, 0.3) is 0 Å². The maximum atomic E-state index is 4.67. The maximum absolute atomic E-state index is 4.67.